The smallest absolute Gasteiger partial charge is 0.251 e. The van der Waals surface area contributed by atoms with Crippen molar-refractivity contribution in [2.75, 3.05) is 6.54 Å². The zero-order valence-electron chi connectivity index (χ0n) is 11.4. The first-order valence-electron chi connectivity index (χ1n) is 6.90. The van der Waals surface area contributed by atoms with E-state index in [0.29, 0.717) is 12.0 Å². The van der Waals surface area contributed by atoms with Crippen molar-refractivity contribution in [2.24, 2.45) is 0 Å². The van der Waals surface area contributed by atoms with Crippen LogP contribution in [0.3, 0.4) is 0 Å². The Balaban J connectivity index is 1.93. The first-order valence-corrected chi connectivity index (χ1v) is 6.90. The van der Waals surface area contributed by atoms with E-state index in [2.05, 4.69) is 12.2 Å². The fraction of sp³-hybridized carbons (Fsp3) is 0.438. The summed E-state index contributed by atoms with van der Waals surface area (Å²) >= 11 is 0. The van der Waals surface area contributed by atoms with E-state index in [1.165, 1.54) is 5.56 Å². The number of allylic oxidation sites excluding steroid dienone is 1. The molecule has 3 heteroatoms. The van der Waals surface area contributed by atoms with Gasteiger partial charge in [-0.3, -0.25) is 4.79 Å². The number of nitrogens with one attached hydrogen (secondary N) is 1. The zero-order valence-corrected chi connectivity index (χ0v) is 11.4. The van der Waals surface area contributed by atoms with E-state index in [9.17, 15) is 9.90 Å². The zero-order chi connectivity index (χ0) is 13.7. The predicted octanol–water partition coefficient (Wildman–Crippen LogP) is 2.45. The van der Waals surface area contributed by atoms with Gasteiger partial charge in [-0.2, -0.15) is 0 Å². The summed E-state index contributed by atoms with van der Waals surface area (Å²) < 4.78 is 0. The molecular formula is C16H21NO2. The lowest BCUT2D eigenvalue weighted by Crippen LogP contribution is -2.42. The van der Waals surface area contributed by atoms with E-state index in [0.717, 1.165) is 19.3 Å². The van der Waals surface area contributed by atoms with Crippen molar-refractivity contribution in [1.82, 2.24) is 5.32 Å². The van der Waals surface area contributed by atoms with Crippen LogP contribution in [0.1, 0.15) is 42.1 Å². The molecule has 3 nitrogen and oxygen atoms in total. The molecule has 0 heterocycles. The molecule has 0 saturated carbocycles. The van der Waals surface area contributed by atoms with Gasteiger partial charge in [-0.1, -0.05) is 31.2 Å². The molecule has 2 rings (SSSR count). The number of amides is 1. The van der Waals surface area contributed by atoms with Crippen molar-refractivity contribution in [2.45, 2.75) is 38.2 Å². The summed E-state index contributed by atoms with van der Waals surface area (Å²) in [6.45, 7) is 2.36. The number of benzene rings is 1. The highest BCUT2D eigenvalue weighted by atomic mass is 16.3. The summed E-state index contributed by atoms with van der Waals surface area (Å²) in [6, 6.07) is 7.58. The maximum atomic E-state index is 12.0. The van der Waals surface area contributed by atoms with E-state index < -0.39 is 5.60 Å². The largest absolute Gasteiger partial charge is 0.384 e. The van der Waals surface area contributed by atoms with Crippen LogP contribution in [0.25, 0.3) is 0 Å². The van der Waals surface area contributed by atoms with Gasteiger partial charge in [-0.05, 0) is 43.4 Å². The van der Waals surface area contributed by atoms with Gasteiger partial charge in [0, 0.05) is 5.56 Å². The second kappa shape index (κ2) is 6.02. The molecule has 1 aliphatic rings. The molecule has 0 saturated heterocycles. The molecule has 1 aromatic rings. The first-order chi connectivity index (χ1) is 9.13. The summed E-state index contributed by atoms with van der Waals surface area (Å²) in [6.07, 6.45) is 7.43. The third-order valence-electron chi connectivity index (χ3n) is 3.59. The maximum Gasteiger partial charge on any atom is 0.251 e. The topological polar surface area (TPSA) is 49.3 Å². The molecule has 102 valence electrons. The van der Waals surface area contributed by atoms with Crippen LogP contribution in [0.4, 0.5) is 0 Å². The lowest BCUT2D eigenvalue weighted by atomic mass is 9.91. The number of carbonyl (C=O) groups is 1. The van der Waals surface area contributed by atoms with E-state index in [1.54, 1.807) is 6.08 Å². The van der Waals surface area contributed by atoms with Gasteiger partial charge in [0.1, 0.15) is 0 Å². The summed E-state index contributed by atoms with van der Waals surface area (Å²) in [7, 11) is 0. The normalized spacial score (nSPS) is 22.2. The number of hydrogen-bond acceptors (Lipinski definition) is 2. The van der Waals surface area contributed by atoms with Crippen LogP contribution >= 0.6 is 0 Å². The standard InChI is InChI=1S/C16H21NO2/c1-2-13-6-8-14(9-7-13)15(18)17-12-16(19)10-4-3-5-11-16/h4,6-10,19H,2-3,5,11-12H2,1H3,(H,17,18)/t16-/m0/s1. The molecule has 1 atom stereocenters. The monoisotopic (exact) mass is 259 g/mol. The molecular weight excluding hydrogens is 238 g/mol. The first kappa shape index (κ1) is 13.8. The third-order valence-corrected chi connectivity index (χ3v) is 3.59. The maximum absolute atomic E-state index is 12.0. The van der Waals surface area contributed by atoms with Crippen LogP contribution < -0.4 is 5.32 Å². The number of aryl methyl sites for hydroxylation is 1. The molecule has 2 N–H and O–H groups in total. The molecule has 19 heavy (non-hydrogen) atoms. The van der Waals surface area contributed by atoms with Crippen molar-refractivity contribution < 1.29 is 9.90 Å². The Morgan fingerprint density at radius 1 is 1.37 bits per heavy atom. The van der Waals surface area contributed by atoms with Gasteiger partial charge < -0.3 is 10.4 Å². The number of hydrogen-bond donors (Lipinski definition) is 2. The molecule has 0 unspecified atom stereocenters. The average molecular weight is 259 g/mol. The summed E-state index contributed by atoms with van der Waals surface area (Å²) in [5, 5.41) is 13.1. The van der Waals surface area contributed by atoms with Gasteiger partial charge in [0.2, 0.25) is 0 Å². The molecule has 1 aromatic carbocycles. The van der Waals surface area contributed by atoms with Crippen LogP contribution in [0.5, 0.6) is 0 Å². The van der Waals surface area contributed by atoms with E-state index in [1.807, 2.05) is 30.3 Å². The van der Waals surface area contributed by atoms with E-state index in [4.69, 9.17) is 0 Å². The Morgan fingerprint density at radius 2 is 2.11 bits per heavy atom. The van der Waals surface area contributed by atoms with Crippen LogP contribution in [0.2, 0.25) is 0 Å². The van der Waals surface area contributed by atoms with E-state index in [-0.39, 0.29) is 12.5 Å². The Bertz CT molecular complexity index is 464. The summed E-state index contributed by atoms with van der Waals surface area (Å²) in [5.41, 5.74) is 0.975. The highest BCUT2D eigenvalue weighted by Gasteiger charge is 2.25. The Hall–Kier alpha value is -1.61. The quantitative estimate of drug-likeness (QED) is 0.816. The molecule has 1 amide bonds. The van der Waals surface area contributed by atoms with Crippen molar-refractivity contribution >= 4 is 5.91 Å². The minimum absolute atomic E-state index is 0.130. The Kier molecular flexibility index (Phi) is 4.38. The molecule has 0 spiro atoms. The van der Waals surface area contributed by atoms with Gasteiger partial charge >= 0.3 is 0 Å². The van der Waals surface area contributed by atoms with Gasteiger partial charge in [-0.15, -0.1) is 0 Å². The van der Waals surface area contributed by atoms with Gasteiger partial charge in [0.25, 0.3) is 5.91 Å². The van der Waals surface area contributed by atoms with E-state index >= 15 is 0 Å². The van der Waals surface area contributed by atoms with Crippen molar-refractivity contribution in [1.29, 1.82) is 0 Å². The second-order valence-electron chi connectivity index (χ2n) is 5.13. The fourth-order valence-electron chi connectivity index (χ4n) is 2.29. The van der Waals surface area contributed by atoms with Crippen LogP contribution in [0, 0.1) is 0 Å². The van der Waals surface area contributed by atoms with Gasteiger partial charge in [-0.25, -0.2) is 0 Å². The fourth-order valence-corrected chi connectivity index (χ4v) is 2.29. The molecule has 0 fully saturated rings. The van der Waals surface area contributed by atoms with Gasteiger partial charge in [0.15, 0.2) is 0 Å². The average Bonchev–Trinajstić information content (AvgIpc) is 2.46. The molecule has 0 bridgehead atoms. The van der Waals surface area contributed by atoms with Gasteiger partial charge in [0.05, 0.1) is 12.1 Å². The SMILES string of the molecule is CCc1ccc(C(=O)NC[C@]2(O)C=CCCC2)cc1. The Morgan fingerprint density at radius 3 is 2.68 bits per heavy atom. The van der Waals surface area contributed by atoms with Crippen molar-refractivity contribution in [3.63, 3.8) is 0 Å². The minimum Gasteiger partial charge on any atom is -0.384 e. The van der Waals surface area contributed by atoms with Crippen LogP contribution in [0.15, 0.2) is 36.4 Å². The molecule has 0 aliphatic heterocycles. The highest BCUT2D eigenvalue weighted by Crippen LogP contribution is 2.21. The van der Waals surface area contributed by atoms with Crippen molar-refractivity contribution in [3.05, 3.63) is 47.5 Å². The highest BCUT2D eigenvalue weighted by molar-refractivity contribution is 5.94. The number of rotatable bonds is 4. The third kappa shape index (κ3) is 3.67. The lowest BCUT2D eigenvalue weighted by molar-refractivity contribution is 0.0660. The molecule has 0 aromatic heterocycles. The minimum atomic E-state index is -0.878. The summed E-state index contributed by atoms with van der Waals surface area (Å²) in [4.78, 5) is 12.0. The molecule has 0 radical (unpaired) electrons. The second-order valence-corrected chi connectivity index (χ2v) is 5.13. The predicted molar refractivity (Wildman–Crippen MR) is 76.1 cm³/mol. The van der Waals surface area contributed by atoms with Crippen LogP contribution in [-0.2, 0) is 6.42 Å². The Labute approximate surface area is 114 Å². The van der Waals surface area contributed by atoms with Crippen molar-refractivity contribution in [3.8, 4) is 0 Å². The lowest BCUT2D eigenvalue weighted by Gasteiger charge is -2.27. The molecule has 1 aliphatic carbocycles. The van der Waals surface area contributed by atoms with Crippen LogP contribution in [-0.4, -0.2) is 23.2 Å². The number of carbonyl (C=O) groups excluding carboxylic acids is 1. The summed E-state index contributed by atoms with van der Waals surface area (Å²) in [5.74, 6) is -0.130. The number of aliphatic hydroxyl groups is 1.